The van der Waals surface area contributed by atoms with Gasteiger partial charge in [0.1, 0.15) is 0 Å². The zero-order valence-corrected chi connectivity index (χ0v) is 10.1. The summed E-state index contributed by atoms with van der Waals surface area (Å²) < 4.78 is 37.0. The lowest BCUT2D eigenvalue weighted by Crippen LogP contribution is -2.21. The molecule has 0 aromatic heterocycles. The van der Waals surface area contributed by atoms with Gasteiger partial charge in [-0.3, -0.25) is 0 Å². The second-order valence-electron chi connectivity index (χ2n) is 4.31. The van der Waals surface area contributed by atoms with Gasteiger partial charge < -0.3 is 5.32 Å². The van der Waals surface area contributed by atoms with Crippen molar-refractivity contribution in [3.05, 3.63) is 35.4 Å². The molecule has 1 N–H and O–H groups in total. The van der Waals surface area contributed by atoms with E-state index in [1.165, 1.54) is 0 Å². The summed E-state index contributed by atoms with van der Waals surface area (Å²) in [4.78, 5) is 0. The Morgan fingerprint density at radius 3 is 2.24 bits per heavy atom. The van der Waals surface area contributed by atoms with Crippen molar-refractivity contribution >= 4 is 0 Å². The maximum Gasteiger partial charge on any atom is 0.416 e. The van der Waals surface area contributed by atoms with Crippen molar-refractivity contribution in [2.75, 3.05) is 13.1 Å². The Balaban J connectivity index is 2.56. The Hall–Kier alpha value is -1.03. The first kappa shape index (κ1) is 14.0. The number of alkyl halides is 3. The molecular formula is C13H18F3N. The van der Waals surface area contributed by atoms with Crippen LogP contribution < -0.4 is 5.32 Å². The molecule has 0 bridgehead atoms. The molecule has 1 rings (SSSR count). The molecule has 1 atom stereocenters. The van der Waals surface area contributed by atoms with E-state index < -0.39 is 11.7 Å². The first-order valence-electron chi connectivity index (χ1n) is 5.80. The largest absolute Gasteiger partial charge is 0.416 e. The van der Waals surface area contributed by atoms with E-state index in [4.69, 9.17) is 0 Å². The van der Waals surface area contributed by atoms with Crippen LogP contribution in [0.3, 0.4) is 0 Å². The summed E-state index contributed by atoms with van der Waals surface area (Å²) in [6.45, 7) is 5.92. The summed E-state index contributed by atoms with van der Waals surface area (Å²) >= 11 is 0. The quantitative estimate of drug-likeness (QED) is 0.837. The van der Waals surface area contributed by atoms with Gasteiger partial charge in [-0.15, -0.1) is 0 Å². The molecule has 0 spiro atoms. The van der Waals surface area contributed by atoms with Crippen LogP contribution >= 0.6 is 0 Å². The lowest BCUT2D eigenvalue weighted by Gasteiger charge is -2.12. The van der Waals surface area contributed by atoms with Crippen molar-refractivity contribution in [2.24, 2.45) is 5.92 Å². The molecule has 0 saturated carbocycles. The van der Waals surface area contributed by atoms with Crippen LogP contribution in [0.5, 0.6) is 0 Å². The summed E-state index contributed by atoms with van der Waals surface area (Å²) in [5.74, 6) is 0.423. The maximum absolute atomic E-state index is 12.3. The summed E-state index contributed by atoms with van der Waals surface area (Å²) in [5, 5.41) is 3.22. The van der Waals surface area contributed by atoms with Gasteiger partial charge in [0, 0.05) is 0 Å². The van der Waals surface area contributed by atoms with Gasteiger partial charge in [0.2, 0.25) is 0 Å². The minimum atomic E-state index is -4.24. The van der Waals surface area contributed by atoms with Gasteiger partial charge in [0.15, 0.2) is 0 Å². The van der Waals surface area contributed by atoms with E-state index in [0.29, 0.717) is 5.92 Å². The molecule has 0 saturated heterocycles. The molecule has 0 radical (unpaired) electrons. The van der Waals surface area contributed by atoms with Crippen LogP contribution in [0.25, 0.3) is 0 Å². The summed E-state index contributed by atoms with van der Waals surface area (Å²) in [6, 6.07) is 5.42. The van der Waals surface area contributed by atoms with Gasteiger partial charge in [-0.05, 0) is 43.1 Å². The standard InChI is InChI=1S/C13H18F3N/c1-3-17-9-10(2)8-11-4-6-12(7-5-11)13(14,15)16/h4-7,10,17H,3,8-9H2,1-2H3. The van der Waals surface area contributed by atoms with E-state index in [2.05, 4.69) is 12.2 Å². The zero-order valence-electron chi connectivity index (χ0n) is 10.1. The monoisotopic (exact) mass is 245 g/mol. The number of benzene rings is 1. The highest BCUT2D eigenvalue weighted by molar-refractivity contribution is 5.24. The minimum absolute atomic E-state index is 0.423. The molecule has 0 aliphatic heterocycles. The fourth-order valence-electron chi connectivity index (χ4n) is 1.70. The van der Waals surface area contributed by atoms with E-state index in [-0.39, 0.29) is 0 Å². The van der Waals surface area contributed by atoms with Gasteiger partial charge in [-0.2, -0.15) is 13.2 Å². The molecule has 96 valence electrons. The first-order valence-corrected chi connectivity index (χ1v) is 5.80. The molecule has 0 aliphatic carbocycles. The van der Waals surface area contributed by atoms with Crippen molar-refractivity contribution in [3.8, 4) is 0 Å². The Morgan fingerprint density at radius 2 is 1.76 bits per heavy atom. The maximum atomic E-state index is 12.3. The fourth-order valence-corrected chi connectivity index (χ4v) is 1.70. The SMILES string of the molecule is CCNCC(C)Cc1ccc(C(F)(F)F)cc1. The third kappa shape index (κ3) is 4.77. The molecular weight excluding hydrogens is 227 g/mol. The molecule has 0 fully saturated rings. The minimum Gasteiger partial charge on any atom is -0.317 e. The third-order valence-electron chi connectivity index (χ3n) is 2.61. The second kappa shape index (κ2) is 6.05. The second-order valence-corrected chi connectivity index (χ2v) is 4.31. The average Bonchev–Trinajstić information content (AvgIpc) is 2.26. The van der Waals surface area contributed by atoms with Gasteiger partial charge >= 0.3 is 6.18 Å². The van der Waals surface area contributed by atoms with E-state index in [0.717, 1.165) is 37.2 Å². The molecule has 0 heterocycles. The third-order valence-corrected chi connectivity index (χ3v) is 2.61. The van der Waals surface area contributed by atoms with E-state index in [1.54, 1.807) is 12.1 Å². The predicted octanol–water partition coefficient (Wildman–Crippen LogP) is 3.49. The molecule has 17 heavy (non-hydrogen) atoms. The number of hydrogen-bond donors (Lipinski definition) is 1. The Bertz CT molecular complexity index is 330. The van der Waals surface area contributed by atoms with Crippen LogP contribution in [0.15, 0.2) is 24.3 Å². The summed E-state index contributed by atoms with van der Waals surface area (Å²) in [7, 11) is 0. The highest BCUT2D eigenvalue weighted by Crippen LogP contribution is 2.29. The lowest BCUT2D eigenvalue weighted by atomic mass is 10.00. The van der Waals surface area contributed by atoms with Crippen molar-refractivity contribution in [3.63, 3.8) is 0 Å². The molecule has 1 aromatic rings. The molecule has 4 heteroatoms. The van der Waals surface area contributed by atoms with Crippen LogP contribution in [0, 0.1) is 5.92 Å². The summed E-state index contributed by atoms with van der Waals surface area (Å²) in [5.41, 5.74) is 0.365. The predicted molar refractivity (Wildman–Crippen MR) is 62.9 cm³/mol. The topological polar surface area (TPSA) is 12.0 Å². The highest BCUT2D eigenvalue weighted by Gasteiger charge is 2.29. The van der Waals surface area contributed by atoms with E-state index >= 15 is 0 Å². The van der Waals surface area contributed by atoms with Crippen LogP contribution in [-0.2, 0) is 12.6 Å². The summed E-state index contributed by atoms with van der Waals surface area (Å²) in [6.07, 6.45) is -3.45. The Kier molecular flexibility index (Phi) is 5.00. The number of hydrogen-bond acceptors (Lipinski definition) is 1. The smallest absolute Gasteiger partial charge is 0.317 e. The molecule has 0 aliphatic rings. The molecule has 1 aromatic carbocycles. The van der Waals surface area contributed by atoms with Gasteiger partial charge in [-0.25, -0.2) is 0 Å². The molecule has 0 amide bonds. The van der Waals surface area contributed by atoms with E-state index in [1.807, 2.05) is 6.92 Å². The Labute approximate surface area is 100 Å². The van der Waals surface area contributed by atoms with Crippen molar-refractivity contribution in [1.29, 1.82) is 0 Å². The van der Waals surface area contributed by atoms with E-state index in [9.17, 15) is 13.2 Å². The Morgan fingerprint density at radius 1 is 1.18 bits per heavy atom. The van der Waals surface area contributed by atoms with Crippen LogP contribution in [0.1, 0.15) is 25.0 Å². The normalized spacial score (nSPS) is 13.7. The number of nitrogens with one attached hydrogen (secondary N) is 1. The van der Waals surface area contributed by atoms with Gasteiger partial charge in [0.05, 0.1) is 5.56 Å². The average molecular weight is 245 g/mol. The van der Waals surface area contributed by atoms with Crippen LogP contribution in [0.2, 0.25) is 0 Å². The number of rotatable bonds is 5. The van der Waals surface area contributed by atoms with Crippen LogP contribution in [0.4, 0.5) is 13.2 Å². The van der Waals surface area contributed by atoms with Crippen molar-refractivity contribution in [2.45, 2.75) is 26.4 Å². The van der Waals surface area contributed by atoms with Gasteiger partial charge in [-0.1, -0.05) is 26.0 Å². The first-order chi connectivity index (χ1) is 7.93. The lowest BCUT2D eigenvalue weighted by molar-refractivity contribution is -0.137. The highest BCUT2D eigenvalue weighted by atomic mass is 19.4. The van der Waals surface area contributed by atoms with Crippen molar-refractivity contribution in [1.82, 2.24) is 5.32 Å². The van der Waals surface area contributed by atoms with Crippen molar-refractivity contribution < 1.29 is 13.2 Å². The van der Waals surface area contributed by atoms with Crippen LogP contribution in [-0.4, -0.2) is 13.1 Å². The fraction of sp³-hybridized carbons (Fsp3) is 0.538. The molecule has 1 unspecified atom stereocenters. The van der Waals surface area contributed by atoms with Gasteiger partial charge in [0.25, 0.3) is 0 Å². The zero-order chi connectivity index (χ0) is 12.9. The number of halogens is 3. The molecule has 1 nitrogen and oxygen atoms in total.